The normalized spacial score (nSPS) is 10.8. The van der Waals surface area contributed by atoms with E-state index in [0.29, 0.717) is 0 Å². The van der Waals surface area contributed by atoms with Crippen LogP contribution in [0.5, 0.6) is 0 Å². The summed E-state index contributed by atoms with van der Waals surface area (Å²) in [5.74, 6) is 2.48. The van der Waals surface area contributed by atoms with Crippen molar-refractivity contribution >= 4 is 11.8 Å². The second-order valence-electron chi connectivity index (χ2n) is 1.64. The van der Waals surface area contributed by atoms with Crippen molar-refractivity contribution in [1.82, 2.24) is 0 Å². The third-order valence-electron chi connectivity index (χ3n) is 0.798. The van der Waals surface area contributed by atoms with Gasteiger partial charge in [-0.05, 0) is 19.1 Å². The molecule has 0 atom stereocenters. The van der Waals surface area contributed by atoms with E-state index in [0.717, 1.165) is 0 Å². The van der Waals surface area contributed by atoms with Crippen LogP contribution < -0.4 is 0 Å². The van der Waals surface area contributed by atoms with Gasteiger partial charge >= 0.3 is 0 Å². The van der Waals surface area contributed by atoms with Crippen LogP contribution in [0.2, 0.25) is 0 Å². The predicted molar refractivity (Wildman–Crippen MR) is 42.4 cm³/mol. The van der Waals surface area contributed by atoms with E-state index in [9.17, 15) is 0 Å². The predicted octanol–water partition coefficient (Wildman–Crippen LogP) is 2.71. The molecule has 0 heterocycles. The second-order valence-corrected chi connectivity index (χ2v) is 2.79. The summed E-state index contributed by atoms with van der Waals surface area (Å²) in [5.41, 5.74) is 0. The highest BCUT2D eigenvalue weighted by Crippen LogP contribution is 2.00. The molecular weight excluding hydrogens is 116 g/mol. The number of rotatable bonds is 4. The van der Waals surface area contributed by atoms with Crippen LogP contribution in [-0.2, 0) is 0 Å². The number of thioether (sulfide) groups is 1. The summed E-state index contributed by atoms with van der Waals surface area (Å²) in [7, 11) is 0. The highest BCUT2D eigenvalue weighted by molar-refractivity contribution is 7.99. The van der Waals surface area contributed by atoms with E-state index in [4.69, 9.17) is 0 Å². The van der Waals surface area contributed by atoms with Crippen molar-refractivity contribution in [2.24, 2.45) is 0 Å². The lowest BCUT2D eigenvalue weighted by Crippen LogP contribution is -1.74. The van der Waals surface area contributed by atoms with E-state index in [1.54, 1.807) is 0 Å². The van der Waals surface area contributed by atoms with Crippen molar-refractivity contribution in [3.8, 4) is 0 Å². The summed E-state index contributed by atoms with van der Waals surface area (Å²) in [6, 6.07) is 0. The van der Waals surface area contributed by atoms with Gasteiger partial charge in [-0.2, -0.15) is 11.8 Å². The maximum absolute atomic E-state index is 2.21. The van der Waals surface area contributed by atoms with Crippen molar-refractivity contribution < 1.29 is 0 Å². The second kappa shape index (κ2) is 7.09. The Morgan fingerprint density at radius 3 is 2.75 bits per heavy atom. The summed E-state index contributed by atoms with van der Waals surface area (Å²) in [4.78, 5) is 0. The van der Waals surface area contributed by atoms with Gasteiger partial charge in [-0.15, -0.1) is 0 Å². The molecule has 0 aromatic heterocycles. The van der Waals surface area contributed by atoms with E-state index < -0.39 is 0 Å². The van der Waals surface area contributed by atoms with Gasteiger partial charge in [0.05, 0.1) is 0 Å². The Kier molecular flexibility index (Phi) is 7.17. The van der Waals surface area contributed by atoms with E-state index in [-0.39, 0.29) is 0 Å². The molecule has 0 saturated heterocycles. The van der Waals surface area contributed by atoms with Gasteiger partial charge in [0.15, 0.2) is 0 Å². The molecule has 0 aromatic carbocycles. The molecule has 0 amide bonds. The molecule has 0 aromatic rings. The molecule has 0 spiro atoms. The Bertz CT molecular complexity index is 57.4. The molecule has 0 aliphatic rings. The monoisotopic (exact) mass is 130 g/mol. The van der Waals surface area contributed by atoms with E-state index >= 15 is 0 Å². The van der Waals surface area contributed by atoms with Crippen LogP contribution in [0.15, 0.2) is 12.2 Å². The fourth-order valence-corrected chi connectivity index (χ4v) is 1.18. The molecule has 0 saturated carbocycles. The SMILES string of the molecule is CC=CCSCCC. The number of hydrogen-bond donors (Lipinski definition) is 0. The van der Waals surface area contributed by atoms with Crippen molar-refractivity contribution in [2.75, 3.05) is 11.5 Å². The van der Waals surface area contributed by atoms with Crippen LogP contribution in [0, 0.1) is 0 Å². The molecule has 0 N–H and O–H groups in total. The third-order valence-corrected chi connectivity index (χ3v) is 1.92. The lowest BCUT2D eigenvalue weighted by molar-refractivity contribution is 1.11. The van der Waals surface area contributed by atoms with Crippen molar-refractivity contribution in [3.05, 3.63) is 12.2 Å². The lowest BCUT2D eigenvalue weighted by Gasteiger charge is -1.89. The Balaban J connectivity index is 2.72. The van der Waals surface area contributed by atoms with E-state index in [1.807, 2.05) is 11.8 Å². The first-order valence-corrected chi connectivity index (χ1v) is 4.26. The zero-order valence-corrected chi connectivity index (χ0v) is 6.50. The molecule has 0 nitrogen and oxygen atoms in total. The maximum atomic E-state index is 2.21. The van der Waals surface area contributed by atoms with Gasteiger partial charge in [-0.3, -0.25) is 0 Å². The first kappa shape index (κ1) is 8.09. The van der Waals surface area contributed by atoms with Crippen molar-refractivity contribution in [2.45, 2.75) is 20.3 Å². The largest absolute Gasteiger partial charge is 0.158 e. The fraction of sp³-hybridized carbons (Fsp3) is 0.714. The number of allylic oxidation sites excluding steroid dienone is 1. The smallest absolute Gasteiger partial charge is 0.0113 e. The van der Waals surface area contributed by atoms with Gasteiger partial charge in [0.2, 0.25) is 0 Å². The van der Waals surface area contributed by atoms with Gasteiger partial charge in [-0.25, -0.2) is 0 Å². The third kappa shape index (κ3) is 6.09. The minimum Gasteiger partial charge on any atom is -0.158 e. The van der Waals surface area contributed by atoms with Gasteiger partial charge in [0, 0.05) is 5.75 Å². The summed E-state index contributed by atoms with van der Waals surface area (Å²) < 4.78 is 0. The summed E-state index contributed by atoms with van der Waals surface area (Å²) >= 11 is 1.99. The van der Waals surface area contributed by atoms with Crippen LogP contribution in [0.3, 0.4) is 0 Å². The molecule has 0 aliphatic heterocycles. The van der Waals surface area contributed by atoms with Crippen LogP contribution >= 0.6 is 11.8 Å². The molecule has 48 valence electrons. The molecule has 1 heteroatoms. The highest BCUT2D eigenvalue weighted by atomic mass is 32.2. The van der Waals surface area contributed by atoms with Gasteiger partial charge in [0.25, 0.3) is 0 Å². The zero-order valence-electron chi connectivity index (χ0n) is 5.68. The highest BCUT2D eigenvalue weighted by Gasteiger charge is 1.78. The Morgan fingerprint density at radius 1 is 1.50 bits per heavy atom. The standard InChI is InChI=1S/C7H14S/c1-3-5-7-8-6-4-2/h3,5H,4,6-7H2,1-2H3. The van der Waals surface area contributed by atoms with Crippen molar-refractivity contribution in [3.63, 3.8) is 0 Å². The van der Waals surface area contributed by atoms with Crippen molar-refractivity contribution in [1.29, 1.82) is 0 Å². The Morgan fingerprint density at radius 2 is 2.25 bits per heavy atom. The molecule has 0 rings (SSSR count). The minimum atomic E-state index is 1.18. The van der Waals surface area contributed by atoms with Gasteiger partial charge in [0.1, 0.15) is 0 Å². The molecule has 0 radical (unpaired) electrons. The Hall–Kier alpha value is 0.0900. The van der Waals surface area contributed by atoms with E-state index in [1.165, 1.54) is 17.9 Å². The fourth-order valence-electron chi connectivity index (χ4n) is 0.392. The first-order valence-electron chi connectivity index (χ1n) is 3.10. The summed E-state index contributed by atoms with van der Waals surface area (Å²) in [6.07, 6.45) is 5.59. The van der Waals surface area contributed by atoms with Gasteiger partial charge in [-0.1, -0.05) is 19.1 Å². The summed E-state index contributed by atoms with van der Waals surface area (Å²) in [5, 5.41) is 0. The molecule has 0 fully saturated rings. The minimum absolute atomic E-state index is 1.18. The average Bonchev–Trinajstić information content (AvgIpc) is 1.81. The quantitative estimate of drug-likeness (QED) is 0.416. The summed E-state index contributed by atoms with van der Waals surface area (Å²) in [6.45, 7) is 4.27. The first-order chi connectivity index (χ1) is 3.91. The lowest BCUT2D eigenvalue weighted by atomic mass is 10.6. The van der Waals surface area contributed by atoms with Crippen LogP contribution in [-0.4, -0.2) is 11.5 Å². The van der Waals surface area contributed by atoms with Crippen LogP contribution in [0.4, 0.5) is 0 Å². The average molecular weight is 130 g/mol. The molecule has 8 heavy (non-hydrogen) atoms. The molecule has 0 unspecified atom stereocenters. The molecule has 0 aliphatic carbocycles. The number of hydrogen-bond acceptors (Lipinski definition) is 1. The molecule has 0 bridgehead atoms. The Labute approximate surface area is 56.4 Å². The topological polar surface area (TPSA) is 0 Å². The van der Waals surface area contributed by atoms with Crippen LogP contribution in [0.1, 0.15) is 20.3 Å². The van der Waals surface area contributed by atoms with E-state index in [2.05, 4.69) is 26.0 Å². The maximum Gasteiger partial charge on any atom is 0.0113 e. The molecular formula is C7H14S. The zero-order chi connectivity index (χ0) is 6.24. The van der Waals surface area contributed by atoms with Crippen LogP contribution in [0.25, 0.3) is 0 Å². The van der Waals surface area contributed by atoms with Gasteiger partial charge < -0.3 is 0 Å².